The van der Waals surface area contributed by atoms with Gasteiger partial charge < -0.3 is 10.1 Å². The molecule has 7 nitrogen and oxygen atoms in total. The second-order valence-corrected chi connectivity index (χ2v) is 8.75. The molecule has 1 unspecified atom stereocenters. The van der Waals surface area contributed by atoms with Crippen molar-refractivity contribution < 1.29 is 14.3 Å². The molecule has 2 aromatic carbocycles. The molecule has 0 spiro atoms. The number of amides is 1. The number of aromatic nitrogens is 3. The first kappa shape index (κ1) is 24.5. The molecule has 3 aromatic rings. The number of anilines is 1. The molecule has 33 heavy (non-hydrogen) atoms. The summed E-state index contributed by atoms with van der Waals surface area (Å²) < 4.78 is 7.90. The van der Waals surface area contributed by atoms with E-state index in [0.29, 0.717) is 39.5 Å². The van der Waals surface area contributed by atoms with Crippen molar-refractivity contribution in [3.05, 3.63) is 77.1 Å². The average Bonchev–Trinajstić information content (AvgIpc) is 3.18. The Hall–Kier alpha value is -3.10. The van der Waals surface area contributed by atoms with Crippen molar-refractivity contribution >= 4 is 40.7 Å². The first-order valence-electron chi connectivity index (χ1n) is 10.3. The number of benzene rings is 2. The van der Waals surface area contributed by atoms with Crippen LogP contribution in [0.3, 0.4) is 0 Å². The lowest BCUT2D eigenvalue weighted by atomic mass is 10.1. The summed E-state index contributed by atoms with van der Waals surface area (Å²) in [6.07, 6.45) is 1.32. The van der Waals surface area contributed by atoms with Crippen LogP contribution >= 0.6 is 23.4 Å². The zero-order chi connectivity index (χ0) is 24.0. The molecule has 9 heteroatoms. The lowest BCUT2D eigenvalue weighted by Gasteiger charge is -2.17. The number of ketones is 1. The van der Waals surface area contributed by atoms with Crippen molar-refractivity contribution in [2.24, 2.45) is 0 Å². The van der Waals surface area contributed by atoms with Gasteiger partial charge in [-0.15, -0.1) is 16.8 Å². The number of thioether (sulfide) groups is 1. The van der Waals surface area contributed by atoms with E-state index in [0.717, 1.165) is 5.56 Å². The van der Waals surface area contributed by atoms with Gasteiger partial charge in [-0.25, -0.2) is 0 Å². The van der Waals surface area contributed by atoms with E-state index < -0.39 is 6.10 Å². The second kappa shape index (κ2) is 11.2. The van der Waals surface area contributed by atoms with Gasteiger partial charge in [0.2, 0.25) is 5.91 Å². The largest absolute Gasteiger partial charge is 0.481 e. The van der Waals surface area contributed by atoms with Crippen molar-refractivity contribution in [1.82, 2.24) is 14.8 Å². The standard InChI is InChI=1S/C24H25ClN4O3S/c1-5-12-29-23(17(4)32-21-13-15(2)6-11-20(21)25)27-28-24(29)33-14-22(31)26-19-9-7-18(8-10-19)16(3)30/h5-11,13,17H,1,12,14H2,2-4H3,(H,26,31). The third kappa shape index (κ3) is 6.46. The number of nitrogens with zero attached hydrogens (tertiary/aromatic N) is 3. The van der Waals surface area contributed by atoms with Crippen LogP contribution in [0.25, 0.3) is 0 Å². The molecule has 0 fully saturated rings. The van der Waals surface area contributed by atoms with Gasteiger partial charge >= 0.3 is 0 Å². The van der Waals surface area contributed by atoms with Gasteiger partial charge in [-0.1, -0.05) is 35.5 Å². The number of carbonyl (C=O) groups excluding carboxylic acids is 2. The van der Waals surface area contributed by atoms with Gasteiger partial charge in [0.25, 0.3) is 0 Å². The SMILES string of the molecule is C=CCn1c(SCC(=O)Nc2ccc(C(C)=O)cc2)nnc1C(C)Oc1cc(C)ccc1Cl. The Morgan fingerprint density at radius 1 is 1.24 bits per heavy atom. The summed E-state index contributed by atoms with van der Waals surface area (Å²) >= 11 is 7.53. The number of nitrogens with one attached hydrogen (secondary N) is 1. The van der Waals surface area contributed by atoms with Crippen LogP contribution in [0.1, 0.15) is 41.7 Å². The maximum absolute atomic E-state index is 12.4. The fourth-order valence-corrected chi connectivity index (χ4v) is 3.98. The van der Waals surface area contributed by atoms with Gasteiger partial charge in [0.15, 0.2) is 22.9 Å². The molecule has 1 atom stereocenters. The number of carbonyl (C=O) groups is 2. The van der Waals surface area contributed by atoms with E-state index in [4.69, 9.17) is 16.3 Å². The zero-order valence-corrected chi connectivity index (χ0v) is 20.2. The minimum absolute atomic E-state index is 0.0244. The molecule has 3 rings (SSSR count). The molecule has 0 bridgehead atoms. The molecule has 0 saturated heterocycles. The Balaban J connectivity index is 1.67. The molecule has 1 amide bonds. The highest BCUT2D eigenvalue weighted by atomic mass is 35.5. The van der Waals surface area contributed by atoms with Crippen LogP contribution in [-0.2, 0) is 11.3 Å². The third-order valence-electron chi connectivity index (χ3n) is 4.72. The fraction of sp³-hybridized carbons (Fsp3) is 0.250. The maximum atomic E-state index is 12.4. The molecule has 1 heterocycles. The van der Waals surface area contributed by atoms with Gasteiger partial charge in [0.1, 0.15) is 5.75 Å². The van der Waals surface area contributed by atoms with Gasteiger partial charge in [-0.2, -0.15) is 0 Å². The molecule has 1 aromatic heterocycles. The normalized spacial score (nSPS) is 11.6. The van der Waals surface area contributed by atoms with Crippen molar-refractivity contribution in [2.75, 3.05) is 11.1 Å². The van der Waals surface area contributed by atoms with Gasteiger partial charge in [0.05, 0.1) is 10.8 Å². The molecule has 0 aliphatic heterocycles. The van der Waals surface area contributed by atoms with Crippen LogP contribution in [0.5, 0.6) is 5.75 Å². The summed E-state index contributed by atoms with van der Waals surface area (Å²) in [5.41, 5.74) is 2.25. The Morgan fingerprint density at radius 3 is 2.64 bits per heavy atom. The predicted molar refractivity (Wildman–Crippen MR) is 131 cm³/mol. The molecule has 0 aliphatic rings. The summed E-state index contributed by atoms with van der Waals surface area (Å²) in [5.74, 6) is 1.10. The summed E-state index contributed by atoms with van der Waals surface area (Å²) in [4.78, 5) is 23.8. The molecule has 0 saturated carbocycles. The summed E-state index contributed by atoms with van der Waals surface area (Å²) in [6.45, 7) is 9.61. The summed E-state index contributed by atoms with van der Waals surface area (Å²) in [7, 11) is 0. The maximum Gasteiger partial charge on any atom is 0.234 e. The molecule has 172 valence electrons. The molecular weight excluding hydrogens is 460 g/mol. The number of hydrogen-bond acceptors (Lipinski definition) is 6. The molecule has 0 radical (unpaired) electrons. The van der Waals surface area contributed by atoms with Gasteiger partial charge in [-0.05, 0) is 62.7 Å². The summed E-state index contributed by atoms with van der Waals surface area (Å²) in [5, 5.41) is 12.4. The number of halogens is 1. The van der Waals surface area contributed by atoms with Gasteiger partial charge in [-0.3, -0.25) is 14.2 Å². The average molecular weight is 485 g/mol. The number of ether oxygens (including phenoxy) is 1. The lowest BCUT2D eigenvalue weighted by molar-refractivity contribution is -0.113. The molecule has 0 aliphatic carbocycles. The fourth-order valence-electron chi connectivity index (χ4n) is 3.07. The van der Waals surface area contributed by atoms with E-state index >= 15 is 0 Å². The number of allylic oxidation sites excluding steroid dienone is 1. The van der Waals surface area contributed by atoms with E-state index in [9.17, 15) is 9.59 Å². The number of aryl methyl sites for hydroxylation is 1. The Morgan fingerprint density at radius 2 is 1.97 bits per heavy atom. The monoisotopic (exact) mass is 484 g/mol. The number of hydrogen-bond donors (Lipinski definition) is 1. The number of rotatable bonds is 10. The van der Waals surface area contributed by atoms with E-state index in [1.807, 2.05) is 30.5 Å². The highest BCUT2D eigenvalue weighted by Crippen LogP contribution is 2.30. The van der Waals surface area contributed by atoms with E-state index in [1.54, 1.807) is 36.4 Å². The van der Waals surface area contributed by atoms with Crippen molar-refractivity contribution in [3.63, 3.8) is 0 Å². The predicted octanol–water partition coefficient (Wildman–Crippen LogP) is 5.50. The lowest BCUT2D eigenvalue weighted by Crippen LogP contribution is -2.15. The first-order valence-corrected chi connectivity index (χ1v) is 11.6. The van der Waals surface area contributed by atoms with Crippen molar-refractivity contribution in [3.8, 4) is 5.75 Å². The van der Waals surface area contributed by atoms with Crippen molar-refractivity contribution in [1.29, 1.82) is 0 Å². The van der Waals surface area contributed by atoms with Crippen LogP contribution in [-0.4, -0.2) is 32.2 Å². The highest BCUT2D eigenvalue weighted by Gasteiger charge is 2.20. The van der Waals surface area contributed by atoms with E-state index in [1.165, 1.54) is 18.7 Å². The highest BCUT2D eigenvalue weighted by molar-refractivity contribution is 7.99. The van der Waals surface area contributed by atoms with Crippen LogP contribution in [0, 0.1) is 6.92 Å². The van der Waals surface area contributed by atoms with Gasteiger partial charge in [0, 0.05) is 17.8 Å². The zero-order valence-electron chi connectivity index (χ0n) is 18.7. The molecule has 1 N–H and O–H groups in total. The van der Waals surface area contributed by atoms with Crippen LogP contribution in [0.2, 0.25) is 5.02 Å². The Kier molecular flexibility index (Phi) is 8.30. The summed E-state index contributed by atoms with van der Waals surface area (Å²) in [6, 6.07) is 12.3. The molecular formula is C24H25ClN4O3S. The van der Waals surface area contributed by atoms with Crippen LogP contribution in [0.15, 0.2) is 60.3 Å². The van der Waals surface area contributed by atoms with Crippen LogP contribution in [0.4, 0.5) is 5.69 Å². The second-order valence-electron chi connectivity index (χ2n) is 7.40. The smallest absolute Gasteiger partial charge is 0.234 e. The van der Waals surface area contributed by atoms with E-state index in [2.05, 4.69) is 22.1 Å². The minimum atomic E-state index is -0.417. The first-order chi connectivity index (χ1) is 15.8. The number of Topliss-reactive ketones (excluding diaryl/α,β-unsaturated/α-hetero) is 1. The topological polar surface area (TPSA) is 86.1 Å². The van der Waals surface area contributed by atoms with Crippen molar-refractivity contribution in [2.45, 2.75) is 38.6 Å². The van der Waals surface area contributed by atoms with Crippen LogP contribution < -0.4 is 10.1 Å². The third-order valence-corrected chi connectivity index (χ3v) is 6.00. The Labute approximate surface area is 202 Å². The minimum Gasteiger partial charge on any atom is -0.481 e. The Bertz CT molecular complexity index is 1160. The van der Waals surface area contributed by atoms with E-state index in [-0.39, 0.29) is 17.4 Å². The quantitative estimate of drug-likeness (QED) is 0.232.